The highest BCUT2D eigenvalue weighted by Crippen LogP contribution is 2.34. The molecule has 1 atom stereocenters. The van der Waals surface area contributed by atoms with Crippen molar-refractivity contribution in [2.75, 3.05) is 70.4 Å². The molecule has 0 radical (unpaired) electrons. The lowest BCUT2D eigenvalue weighted by Crippen LogP contribution is -2.51. The highest BCUT2D eigenvalue weighted by atomic mass is 32.2. The summed E-state index contributed by atoms with van der Waals surface area (Å²) in [6.07, 6.45) is 1.41. The van der Waals surface area contributed by atoms with Crippen molar-refractivity contribution in [1.82, 2.24) is 9.80 Å². The van der Waals surface area contributed by atoms with Gasteiger partial charge in [0, 0.05) is 63.7 Å². The second kappa shape index (κ2) is 9.22. The third-order valence-corrected chi connectivity index (χ3v) is 6.54. The number of rotatable bonds is 7. The van der Waals surface area contributed by atoms with Crippen molar-refractivity contribution in [3.05, 3.63) is 18.2 Å². The predicted octanol–water partition coefficient (Wildman–Crippen LogP) is 0.246. The molecule has 1 unspecified atom stereocenters. The van der Waals surface area contributed by atoms with E-state index in [1.54, 1.807) is 35.1 Å². The van der Waals surface area contributed by atoms with Gasteiger partial charge in [-0.1, -0.05) is 0 Å². The molecule has 2 heterocycles. The summed E-state index contributed by atoms with van der Waals surface area (Å²) < 4.78 is 33.2. The van der Waals surface area contributed by atoms with E-state index >= 15 is 0 Å². The maximum Gasteiger partial charge on any atom is 0.228 e. The van der Waals surface area contributed by atoms with E-state index in [1.807, 2.05) is 0 Å². The quantitative estimate of drug-likeness (QED) is 0.601. The zero-order chi connectivity index (χ0) is 21.9. The van der Waals surface area contributed by atoms with Crippen molar-refractivity contribution in [1.29, 1.82) is 0 Å². The third-order valence-electron chi connectivity index (χ3n) is 5.62. The molecule has 2 aliphatic heterocycles. The highest BCUT2D eigenvalue weighted by molar-refractivity contribution is 7.90. The van der Waals surface area contributed by atoms with Crippen LogP contribution in [-0.2, 0) is 19.4 Å². The topological polar surface area (TPSA) is 96.5 Å². The number of carbonyl (C=O) groups excluding carboxylic acids is 2. The molecule has 10 heteroatoms. The van der Waals surface area contributed by atoms with Crippen molar-refractivity contribution < 1.29 is 27.5 Å². The van der Waals surface area contributed by atoms with Crippen molar-refractivity contribution in [2.24, 2.45) is 5.92 Å². The summed E-state index contributed by atoms with van der Waals surface area (Å²) in [4.78, 5) is 31.0. The smallest absolute Gasteiger partial charge is 0.228 e. The molecule has 30 heavy (non-hydrogen) atoms. The summed E-state index contributed by atoms with van der Waals surface area (Å²) in [5.74, 6) is 0.741. The zero-order valence-corrected chi connectivity index (χ0v) is 18.5. The lowest BCUT2D eigenvalue weighted by Gasteiger charge is -2.35. The zero-order valence-electron chi connectivity index (χ0n) is 17.7. The van der Waals surface area contributed by atoms with E-state index in [9.17, 15) is 18.0 Å². The van der Waals surface area contributed by atoms with Gasteiger partial charge in [0.25, 0.3) is 0 Å². The normalized spacial score (nSPS) is 20.5. The molecule has 0 aliphatic carbocycles. The van der Waals surface area contributed by atoms with Gasteiger partial charge in [0.15, 0.2) is 11.5 Å². The fourth-order valence-corrected chi connectivity index (χ4v) is 4.45. The van der Waals surface area contributed by atoms with Crippen LogP contribution in [0.2, 0.25) is 0 Å². The Balaban J connectivity index is 1.58. The van der Waals surface area contributed by atoms with Crippen LogP contribution in [0.3, 0.4) is 0 Å². The number of hydrogen-bond acceptors (Lipinski definition) is 7. The minimum Gasteiger partial charge on any atom is -0.493 e. The van der Waals surface area contributed by atoms with Gasteiger partial charge in [-0.25, -0.2) is 8.42 Å². The van der Waals surface area contributed by atoms with Gasteiger partial charge in [-0.05, 0) is 12.1 Å². The minimum absolute atomic E-state index is 0.0194. The van der Waals surface area contributed by atoms with Crippen LogP contribution in [0.15, 0.2) is 18.2 Å². The Hall–Kier alpha value is -2.33. The molecule has 9 nitrogen and oxygen atoms in total. The monoisotopic (exact) mass is 439 g/mol. The molecule has 0 bridgehead atoms. The summed E-state index contributed by atoms with van der Waals surface area (Å²) in [5, 5.41) is 0. The van der Waals surface area contributed by atoms with E-state index in [0.717, 1.165) is 0 Å². The number of nitrogens with zero attached hydrogens (tertiary/aromatic N) is 3. The molecule has 0 spiro atoms. The number of hydrogen-bond donors (Lipinski definition) is 0. The average Bonchev–Trinajstić information content (AvgIpc) is 3.12. The lowest BCUT2D eigenvalue weighted by atomic mass is 10.1. The number of carbonyl (C=O) groups is 2. The maximum absolute atomic E-state index is 13.0. The fraction of sp³-hybridized carbons (Fsp3) is 0.600. The average molecular weight is 440 g/mol. The molecular weight excluding hydrogens is 410 g/mol. The van der Waals surface area contributed by atoms with Crippen LogP contribution >= 0.6 is 0 Å². The molecule has 1 aromatic carbocycles. The highest BCUT2D eigenvalue weighted by Gasteiger charge is 2.38. The summed E-state index contributed by atoms with van der Waals surface area (Å²) in [5.41, 5.74) is 0.679. The fourth-order valence-electron chi connectivity index (χ4n) is 3.86. The standard InChI is InChI=1S/C20H29N3O6S/c1-28-17-5-4-16(13-18(17)29-2)23-14-15(12-19(23)24)20(25)22-8-6-21(7-9-22)10-11-30(3,26)27/h4-5,13,15H,6-12,14H2,1-3H3. The van der Waals surface area contributed by atoms with Crippen LogP contribution in [0.5, 0.6) is 11.5 Å². The van der Waals surface area contributed by atoms with Gasteiger partial charge < -0.3 is 19.3 Å². The van der Waals surface area contributed by atoms with E-state index in [2.05, 4.69) is 4.90 Å². The molecule has 2 fully saturated rings. The molecule has 0 saturated carbocycles. The predicted molar refractivity (Wildman–Crippen MR) is 113 cm³/mol. The molecular formula is C20H29N3O6S. The van der Waals surface area contributed by atoms with Crippen LogP contribution < -0.4 is 14.4 Å². The van der Waals surface area contributed by atoms with Gasteiger partial charge in [-0.2, -0.15) is 0 Å². The van der Waals surface area contributed by atoms with E-state index in [-0.39, 0.29) is 29.9 Å². The van der Waals surface area contributed by atoms with E-state index in [4.69, 9.17) is 9.47 Å². The van der Waals surface area contributed by atoms with Gasteiger partial charge in [0.2, 0.25) is 11.8 Å². The first kappa shape index (κ1) is 22.4. The molecule has 2 amide bonds. The lowest BCUT2D eigenvalue weighted by molar-refractivity contribution is -0.137. The Bertz CT molecular complexity index is 896. The SMILES string of the molecule is COc1ccc(N2CC(C(=O)N3CCN(CCS(C)(=O)=O)CC3)CC2=O)cc1OC. The molecule has 0 N–H and O–H groups in total. The third kappa shape index (κ3) is 5.23. The van der Waals surface area contributed by atoms with Crippen LogP contribution in [0, 0.1) is 5.92 Å². The van der Waals surface area contributed by atoms with Crippen molar-refractivity contribution in [3.8, 4) is 11.5 Å². The molecule has 166 valence electrons. The Labute approximate surface area is 177 Å². The Morgan fingerprint density at radius 2 is 1.77 bits per heavy atom. The Morgan fingerprint density at radius 1 is 1.10 bits per heavy atom. The summed E-state index contributed by atoms with van der Waals surface area (Å²) >= 11 is 0. The van der Waals surface area contributed by atoms with Gasteiger partial charge in [0.05, 0.1) is 25.9 Å². The number of anilines is 1. The van der Waals surface area contributed by atoms with Crippen LogP contribution in [0.4, 0.5) is 5.69 Å². The van der Waals surface area contributed by atoms with E-state index in [0.29, 0.717) is 56.5 Å². The number of piperazine rings is 1. The molecule has 2 saturated heterocycles. The number of amides is 2. The van der Waals surface area contributed by atoms with Crippen molar-refractivity contribution >= 4 is 27.3 Å². The van der Waals surface area contributed by atoms with Gasteiger partial charge in [0.1, 0.15) is 9.84 Å². The molecule has 1 aromatic rings. The summed E-state index contributed by atoms with van der Waals surface area (Å²) in [6.45, 7) is 3.19. The number of benzene rings is 1. The molecule has 3 rings (SSSR count). The van der Waals surface area contributed by atoms with Gasteiger partial charge in [-0.15, -0.1) is 0 Å². The van der Waals surface area contributed by atoms with E-state index in [1.165, 1.54) is 13.4 Å². The first-order chi connectivity index (χ1) is 14.2. The largest absolute Gasteiger partial charge is 0.493 e. The van der Waals surface area contributed by atoms with Gasteiger partial charge >= 0.3 is 0 Å². The number of sulfone groups is 1. The van der Waals surface area contributed by atoms with E-state index < -0.39 is 9.84 Å². The Kier molecular flexibility index (Phi) is 6.87. The summed E-state index contributed by atoms with van der Waals surface area (Å²) in [6, 6.07) is 5.27. The second-order valence-electron chi connectivity index (χ2n) is 7.74. The summed E-state index contributed by atoms with van der Waals surface area (Å²) in [7, 11) is 0.0901. The number of ether oxygens (including phenoxy) is 2. The van der Waals surface area contributed by atoms with Gasteiger partial charge in [-0.3, -0.25) is 14.5 Å². The first-order valence-electron chi connectivity index (χ1n) is 9.93. The second-order valence-corrected chi connectivity index (χ2v) is 10.0. The van der Waals surface area contributed by atoms with Crippen LogP contribution in [0.25, 0.3) is 0 Å². The molecule has 0 aromatic heterocycles. The van der Waals surface area contributed by atoms with Crippen LogP contribution in [0.1, 0.15) is 6.42 Å². The van der Waals surface area contributed by atoms with Crippen LogP contribution in [-0.4, -0.2) is 95.5 Å². The van der Waals surface area contributed by atoms with Crippen molar-refractivity contribution in [3.63, 3.8) is 0 Å². The Morgan fingerprint density at radius 3 is 2.37 bits per heavy atom. The number of methoxy groups -OCH3 is 2. The van der Waals surface area contributed by atoms with Crippen molar-refractivity contribution in [2.45, 2.75) is 6.42 Å². The minimum atomic E-state index is -3.00. The molecule has 2 aliphatic rings. The maximum atomic E-state index is 13.0. The first-order valence-corrected chi connectivity index (χ1v) is 12.0.